The number of nitrogens with zero attached hydrogens (tertiary/aromatic N) is 5. The third-order valence-electron chi connectivity index (χ3n) is 11.5. The summed E-state index contributed by atoms with van der Waals surface area (Å²) >= 11 is 0. The van der Waals surface area contributed by atoms with Gasteiger partial charge in [-0.3, -0.25) is 0 Å². The monoisotopic (exact) mass is 959 g/mol. The third kappa shape index (κ3) is 8.24. The molecule has 0 radical (unpaired) electrons. The summed E-state index contributed by atoms with van der Waals surface area (Å²) in [6, 6.07) is 49.3. The van der Waals surface area contributed by atoms with Gasteiger partial charge in [-0.15, -0.1) is 35.7 Å². The number of benzene rings is 5. The van der Waals surface area contributed by atoms with Crippen molar-refractivity contribution in [1.82, 2.24) is 9.55 Å². The normalized spacial score (nSPS) is 13.5. The number of allylic oxidation sites excluding steroid dienone is 2. The molecule has 0 unspecified atom stereocenters. The first-order valence-corrected chi connectivity index (χ1v) is 20.2. The molecule has 0 atom stereocenters. The fourth-order valence-electron chi connectivity index (χ4n) is 7.88. The Morgan fingerprint density at radius 1 is 0.576 bits per heavy atom. The van der Waals surface area contributed by atoms with Gasteiger partial charge >= 0.3 is 0 Å². The van der Waals surface area contributed by atoms with Crippen molar-refractivity contribution in [3.63, 3.8) is 0 Å². The van der Waals surface area contributed by atoms with Crippen LogP contribution in [0.1, 0.15) is 92.9 Å². The molecule has 2 aromatic heterocycles. The van der Waals surface area contributed by atoms with Crippen LogP contribution in [-0.4, -0.2) is 16.2 Å². The molecule has 0 aliphatic carbocycles. The molecule has 3 heterocycles. The van der Waals surface area contributed by atoms with Gasteiger partial charge < -0.3 is 26.7 Å². The fourth-order valence-corrected chi connectivity index (χ4v) is 7.88. The minimum atomic E-state index is -0.0133. The van der Waals surface area contributed by atoms with Crippen LogP contribution in [0.3, 0.4) is 0 Å². The Labute approximate surface area is 367 Å². The molecule has 0 saturated carbocycles. The topological polar surface area (TPSA) is 27.5 Å². The molecule has 0 saturated heterocycles. The number of fused-ring (bicyclic) bond motifs is 3. The van der Waals surface area contributed by atoms with Crippen LogP contribution in [0.2, 0.25) is 0 Å². The van der Waals surface area contributed by atoms with Gasteiger partial charge in [-0.25, -0.2) is 4.98 Å². The SMILES string of the molecule is CC1=C(C)N(c2cc(C(C)(C)C)cc(C(C)(C)C)c2)CN1c1[c-]c(N(c2[c-]c3c(cc2)c2ccccc2n3-c2cc(C(C)(C)C)ccn2)c2ccccc2)ccc1.[CH3-].[Pt]. The Hall–Kier alpha value is -5.12. The van der Waals surface area contributed by atoms with Gasteiger partial charge in [0.1, 0.15) is 5.82 Å². The Morgan fingerprint density at radius 3 is 1.85 bits per heavy atom. The fraction of sp³-hybridized carbons (Fsp3) is 0.283. The zero-order valence-electron chi connectivity index (χ0n) is 36.8. The molecular weight excluding hydrogens is 902 g/mol. The zero-order valence-corrected chi connectivity index (χ0v) is 39.1. The van der Waals surface area contributed by atoms with E-state index < -0.39 is 0 Å². The predicted molar refractivity (Wildman–Crippen MR) is 248 cm³/mol. The smallest absolute Gasteiger partial charge is 0.135 e. The summed E-state index contributed by atoms with van der Waals surface area (Å²) in [5.41, 5.74) is 13.7. The summed E-state index contributed by atoms with van der Waals surface area (Å²) in [5, 5.41) is 2.32. The second-order valence-electron chi connectivity index (χ2n) is 18.6. The molecule has 5 aromatic carbocycles. The largest absolute Gasteiger partial charge is 0.358 e. The van der Waals surface area contributed by atoms with E-state index in [4.69, 9.17) is 4.98 Å². The number of anilines is 5. The van der Waals surface area contributed by atoms with Crippen LogP contribution in [0.25, 0.3) is 27.6 Å². The third-order valence-corrected chi connectivity index (χ3v) is 11.5. The first-order chi connectivity index (χ1) is 27.0. The van der Waals surface area contributed by atoms with Crippen LogP contribution >= 0.6 is 0 Å². The van der Waals surface area contributed by atoms with Gasteiger partial charge in [0.2, 0.25) is 0 Å². The Bertz CT molecular complexity index is 2620. The van der Waals surface area contributed by atoms with E-state index in [1.807, 2.05) is 6.20 Å². The summed E-state index contributed by atoms with van der Waals surface area (Å²) in [5.74, 6) is 0.890. The van der Waals surface area contributed by atoms with E-state index in [0.717, 1.165) is 45.0 Å². The van der Waals surface area contributed by atoms with Crippen LogP contribution in [-0.2, 0) is 37.3 Å². The Morgan fingerprint density at radius 2 is 1.19 bits per heavy atom. The van der Waals surface area contributed by atoms with E-state index in [1.165, 1.54) is 39.2 Å². The molecule has 0 fully saturated rings. The number of para-hydroxylation sites is 2. The zero-order chi connectivity index (χ0) is 40.4. The van der Waals surface area contributed by atoms with Gasteiger partial charge in [-0.1, -0.05) is 127 Å². The van der Waals surface area contributed by atoms with E-state index in [1.54, 1.807) is 0 Å². The second kappa shape index (κ2) is 16.1. The van der Waals surface area contributed by atoms with Gasteiger partial charge in [0.15, 0.2) is 0 Å². The van der Waals surface area contributed by atoms with Crippen molar-refractivity contribution in [2.45, 2.75) is 92.4 Å². The number of aromatic nitrogens is 2. The molecule has 5 nitrogen and oxygen atoms in total. The van der Waals surface area contributed by atoms with Crippen LogP contribution in [0.4, 0.5) is 28.4 Å². The maximum Gasteiger partial charge on any atom is 0.135 e. The molecule has 7 aromatic rings. The van der Waals surface area contributed by atoms with Gasteiger partial charge in [0, 0.05) is 55.5 Å². The van der Waals surface area contributed by atoms with E-state index >= 15 is 0 Å². The minimum Gasteiger partial charge on any atom is -0.358 e. The number of rotatable bonds is 6. The van der Waals surface area contributed by atoms with Gasteiger partial charge in [0.25, 0.3) is 0 Å². The molecule has 0 N–H and O–H groups in total. The molecular formula is C53H58N5Pt-3. The molecule has 6 heteroatoms. The van der Waals surface area contributed by atoms with Crippen LogP contribution in [0.15, 0.2) is 133 Å². The van der Waals surface area contributed by atoms with Crippen LogP contribution in [0, 0.1) is 19.6 Å². The van der Waals surface area contributed by atoms with Crippen LogP contribution < -0.4 is 14.7 Å². The summed E-state index contributed by atoms with van der Waals surface area (Å²) in [6.45, 7) is 25.7. The standard InChI is InChI=1S/C52H55N5.CH3.Pt/c1-35-36(2)55(44-29-38(51(6,7)8)28-39(30-44)52(9,10)11)34-54(35)41-20-17-21-42(32-41)56(40-18-13-12-14-19-40)43-24-25-46-45-22-15-16-23-47(45)57(48(46)33-43)49-31-37(26-27-53-49)50(3,4)5;;/h12-31H,34H2,1-11H3;1H3;/q-2;-1;. The molecule has 1 aliphatic rings. The maximum absolute atomic E-state index is 4.93. The van der Waals surface area contributed by atoms with Gasteiger partial charge in [-0.05, 0) is 94.6 Å². The van der Waals surface area contributed by atoms with E-state index in [9.17, 15) is 0 Å². The molecule has 1 aliphatic heterocycles. The molecule has 8 rings (SSSR count). The van der Waals surface area contributed by atoms with E-state index in [2.05, 4.69) is 223 Å². The first kappa shape index (κ1) is 43.5. The summed E-state index contributed by atoms with van der Waals surface area (Å²) in [4.78, 5) is 12.0. The molecule has 0 bridgehead atoms. The molecule has 0 amide bonds. The second-order valence-corrected chi connectivity index (χ2v) is 18.6. The van der Waals surface area contributed by atoms with E-state index in [0.29, 0.717) is 6.67 Å². The Kier molecular flexibility index (Phi) is 11.9. The van der Waals surface area contributed by atoms with E-state index in [-0.39, 0.29) is 44.7 Å². The van der Waals surface area contributed by atoms with Crippen molar-refractivity contribution in [2.75, 3.05) is 21.4 Å². The van der Waals surface area contributed by atoms with Crippen molar-refractivity contribution in [1.29, 1.82) is 0 Å². The summed E-state index contributed by atoms with van der Waals surface area (Å²) in [6.07, 6.45) is 1.93. The van der Waals surface area contributed by atoms with Gasteiger partial charge in [0.05, 0.1) is 6.67 Å². The predicted octanol–water partition coefficient (Wildman–Crippen LogP) is 14.1. The molecule has 0 spiro atoms. The average Bonchev–Trinajstić information content (AvgIpc) is 3.67. The number of hydrogen-bond donors (Lipinski definition) is 0. The molecule has 59 heavy (non-hydrogen) atoms. The molecule has 308 valence electrons. The minimum absolute atomic E-state index is 0. The maximum atomic E-state index is 4.93. The number of pyridine rings is 1. The van der Waals surface area contributed by atoms with Crippen molar-refractivity contribution in [3.8, 4) is 5.82 Å². The average molecular weight is 960 g/mol. The summed E-state index contributed by atoms with van der Waals surface area (Å²) in [7, 11) is 0. The first-order valence-electron chi connectivity index (χ1n) is 20.2. The van der Waals surface area contributed by atoms with Crippen LogP contribution in [0.5, 0.6) is 0 Å². The number of hydrogen-bond acceptors (Lipinski definition) is 4. The van der Waals surface area contributed by atoms with Gasteiger partial charge in [-0.2, -0.15) is 12.1 Å². The van der Waals surface area contributed by atoms with Crippen molar-refractivity contribution in [2.24, 2.45) is 0 Å². The summed E-state index contributed by atoms with van der Waals surface area (Å²) < 4.78 is 2.27. The van der Waals surface area contributed by atoms with Crippen molar-refractivity contribution in [3.05, 3.63) is 169 Å². The Balaban J connectivity index is 0.00000293. The quantitative estimate of drug-likeness (QED) is 0.155. The van der Waals surface area contributed by atoms with Crippen molar-refractivity contribution < 1.29 is 21.1 Å². The van der Waals surface area contributed by atoms with Crippen molar-refractivity contribution >= 4 is 50.2 Å².